The summed E-state index contributed by atoms with van der Waals surface area (Å²) in [6, 6.07) is 11.8. The molecule has 2 aromatic heterocycles. The summed E-state index contributed by atoms with van der Waals surface area (Å²) in [5.41, 5.74) is 4.80. The number of pyridine rings is 1. The van der Waals surface area contributed by atoms with Crippen molar-refractivity contribution < 1.29 is 4.79 Å². The highest BCUT2D eigenvalue weighted by Gasteiger charge is 2.26. The number of benzene rings is 1. The Morgan fingerprint density at radius 3 is 2.78 bits per heavy atom. The Morgan fingerprint density at radius 1 is 1.11 bits per heavy atom. The van der Waals surface area contributed by atoms with Crippen LogP contribution in [0, 0.1) is 6.92 Å². The predicted octanol–water partition coefficient (Wildman–Crippen LogP) is 3.87. The van der Waals surface area contributed by atoms with Crippen LogP contribution in [0.1, 0.15) is 40.4 Å². The Balaban J connectivity index is 1.55. The second-order valence-corrected chi connectivity index (χ2v) is 7.02. The Hall–Kier alpha value is -3.08. The Labute approximate surface area is 159 Å². The summed E-state index contributed by atoms with van der Waals surface area (Å²) < 4.78 is 0. The van der Waals surface area contributed by atoms with Crippen molar-refractivity contribution in [3.63, 3.8) is 0 Å². The quantitative estimate of drug-likeness (QED) is 0.713. The van der Waals surface area contributed by atoms with Gasteiger partial charge in [-0.1, -0.05) is 23.8 Å². The molecule has 5 nitrogen and oxygen atoms in total. The third-order valence-corrected chi connectivity index (χ3v) is 5.02. The van der Waals surface area contributed by atoms with Gasteiger partial charge < -0.3 is 4.90 Å². The van der Waals surface area contributed by atoms with Crippen molar-refractivity contribution in [2.24, 2.45) is 0 Å². The van der Waals surface area contributed by atoms with Gasteiger partial charge in [0, 0.05) is 48.7 Å². The van der Waals surface area contributed by atoms with Gasteiger partial charge in [-0.15, -0.1) is 0 Å². The fourth-order valence-electron chi connectivity index (χ4n) is 3.60. The van der Waals surface area contributed by atoms with Crippen molar-refractivity contribution in [1.29, 1.82) is 0 Å². The van der Waals surface area contributed by atoms with Crippen LogP contribution in [0.5, 0.6) is 0 Å². The van der Waals surface area contributed by atoms with Crippen molar-refractivity contribution in [3.05, 3.63) is 78.0 Å². The molecule has 5 heteroatoms. The molecule has 1 saturated heterocycles. The minimum atomic E-state index is 0.0601. The topological polar surface area (TPSA) is 59.0 Å². The van der Waals surface area contributed by atoms with Gasteiger partial charge in [0.15, 0.2) is 0 Å². The number of aromatic nitrogens is 3. The van der Waals surface area contributed by atoms with E-state index in [9.17, 15) is 4.79 Å². The van der Waals surface area contributed by atoms with E-state index >= 15 is 0 Å². The lowest BCUT2D eigenvalue weighted by atomic mass is 9.94. The molecular weight excluding hydrogens is 336 g/mol. The van der Waals surface area contributed by atoms with E-state index in [1.165, 1.54) is 5.56 Å². The highest BCUT2D eigenvalue weighted by atomic mass is 16.2. The number of aryl methyl sites for hydroxylation is 1. The van der Waals surface area contributed by atoms with E-state index in [0.29, 0.717) is 12.1 Å². The van der Waals surface area contributed by atoms with Gasteiger partial charge in [0.25, 0.3) is 5.91 Å². The number of carbonyl (C=O) groups excluding carboxylic acids is 1. The number of hydrogen-bond donors (Lipinski definition) is 0. The fourth-order valence-corrected chi connectivity index (χ4v) is 3.60. The van der Waals surface area contributed by atoms with Crippen molar-refractivity contribution in [2.75, 3.05) is 13.1 Å². The van der Waals surface area contributed by atoms with Crippen molar-refractivity contribution in [1.82, 2.24) is 19.9 Å². The lowest BCUT2D eigenvalue weighted by Crippen LogP contribution is -2.39. The number of nitrogens with zero attached hydrogens (tertiary/aromatic N) is 4. The molecule has 0 unspecified atom stereocenters. The van der Waals surface area contributed by atoms with Gasteiger partial charge in [0.05, 0.1) is 17.6 Å². The first-order valence-corrected chi connectivity index (χ1v) is 9.29. The molecule has 0 N–H and O–H groups in total. The first-order chi connectivity index (χ1) is 13.2. The zero-order valence-corrected chi connectivity index (χ0v) is 15.4. The van der Waals surface area contributed by atoms with Gasteiger partial charge in [-0.05, 0) is 38.0 Å². The van der Waals surface area contributed by atoms with Crippen LogP contribution in [0.25, 0.3) is 11.3 Å². The number of piperidine rings is 1. The predicted molar refractivity (Wildman–Crippen MR) is 104 cm³/mol. The fraction of sp³-hybridized carbons (Fsp3) is 0.273. The number of likely N-dealkylation sites (tertiary alicyclic amines) is 1. The molecule has 1 aliphatic heterocycles. The third-order valence-electron chi connectivity index (χ3n) is 5.02. The first-order valence-electron chi connectivity index (χ1n) is 9.29. The maximum Gasteiger partial charge on any atom is 0.253 e. The molecule has 27 heavy (non-hydrogen) atoms. The smallest absolute Gasteiger partial charge is 0.253 e. The van der Waals surface area contributed by atoms with E-state index in [1.54, 1.807) is 30.7 Å². The van der Waals surface area contributed by atoms with Gasteiger partial charge in [0.2, 0.25) is 0 Å². The van der Waals surface area contributed by atoms with E-state index in [1.807, 2.05) is 17.2 Å². The summed E-state index contributed by atoms with van der Waals surface area (Å²) in [5.74, 6) is 0.270. The number of carbonyl (C=O) groups is 1. The Bertz CT molecular complexity index is 942. The van der Waals surface area contributed by atoms with Gasteiger partial charge in [0.1, 0.15) is 0 Å². The molecule has 1 aromatic carbocycles. The second-order valence-electron chi connectivity index (χ2n) is 7.02. The standard InChI is InChI=1S/C22H22N4O/c1-16-4-2-5-18(12-16)20-13-24-14-21(25-20)19-6-3-11-26(15-19)22(27)17-7-9-23-10-8-17/h2,4-5,7-10,12-14,19H,3,6,11,15H2,1H3/t19-/m1/s1. The van der Waals surface area contributed by atoms with E-state index in [-0.39, 0.29) is 11.8 Å². The lowest BCUT2D eigenvalue weighted by Gasteiger charge is -2.32. The van der Waals surface area contributed by atoms with Crippen LogP contribution < -0.4 is 0 Å². The highest BCUT2D eigenvalue weighted by Crippen LogP contribution is 2.28. The normalized spacial score (nSPS) is 16.9. The van der Waals surface area contributed by atoms with Crippen LogP contribution in [0.2, 0.25) is 0 Å². The molecule has 3 aromatic rings. The van der Waals surface area contributed by atoms with Gasteiger partial charge in [-0.2, -0.15) is 0 Å². The average Bonchev–Trinajstić information content (AvgIpc) is 2.74. The minimum absolute atomic E-state index is 0.0601. The lowest BCUT2D eigenvalue weighted by molar-refractivity contribution is 0.0705. The summed E-state index contributed by atoms with van der Waals surface area (Å²) in [6.45, 7) is 3.53. The first kappa shape index (κ1) is 17.3. The van der Waals surface area contributed by atoms with Crippen molar-refractivity contribution in [2.45, 2.75) is 25.7 Å². The summed E-state index contributed by atoms with van der Waals surface area (Å²) in [6.07, 6.45) is 8.95. The van der Waals surface area contributed by atoms with Gasteiger partial charge in [-0.3, -0.25) is 14.8 Å². The monoisotopic (exact) mass is 358 g/mol. The molecule has 0 spiro atoms. The van der Waals surface area contributed by atoms with E-state index in [2.05, 4.69) is 35.1 Å². The van der Waals surface area contributed by atoms with Crippen LogP contribution in [0.15, 0.2) is 61.2 Å². The molecule has 0 radical (unpaired) electrons. The molecule has 0 aliphatic carbocycles. The van der Waals surface area contributed by atoms with E-state index in [4.69, 9.17) is 4.98 Å². The van der Waals surface area contributed by atoms with Gasteiger partial charge in [-0.25, -0.2) is 4.98 Å². The molecule has 1 atom stereocenters. The number of rotatable bonds is 3. The van der Waals surface area contributed by atoms with Gasteiger partial charge >= 0.3 is 0 Å². The maximum absolute atomic E-state index is 12.8. The summed E-state index contributed by atoms with van der Waals surface area (Å²) in [4.78, 5) is 28.0. The molecule has 136 valence electrons. The third kappa shape index (κ3) is 3.87. The van der Waals surface area contributed by atoms with Crippen LogP contribution in [0.4, 0.5) is 0 Å². The zero-order chi connectivity index (χ0) is 18.6. The summed E-state index contributed by atoms with van der Waals surface area (Å²) >= 11 is 0. The van der Waals surface area contributed by atoms with Crippen LogP contribution in [-0.4, -0.2) is 38.8 Å². The second kappa shape index (κ2) is 7.66. The summed E-state index contributed by atoms with van der Waals surface area (Å²) in [7, 11) is 0. The van der Waals surface area contributed by atoms with E-state index in [0.717, 1.165) is 36.3 Å². The maximum atomic E-state index is 12.8. The van der Waals surface area contributed by atoms with Crippen molar-refractivity contribution >= 4 is 5.91 Å². The largest absolute Gasteiger partial charge is 0.338 e. The molecule has 4 rings (SSSR count). The van der Waals surface area contributed by atoms with Crippen LogP contribution >= 0.6 is 0 Å². The molecule has 0 saturated carbocycles. The molecule has 1 fully saturated rings. The molecule has 0 bridgehead atoms. The van der Waals surface area contributed by atoms with E-state index < -0.39 is 0 Å². The zero-order valence-electron chi connectivity index (χ0n) is 15.4. The Morgan fingerprint density at radius 2 is 1.96 bits per heavy atom. The van der Waals surface area contributed by atoms with Crippen LogP contribution in [0.3, 0.4) is 0 Å². The summed E-state index contributed by atoms with van der Waals surface area (Å²) in [5, 5.41) is 0. The highest BCUT2D eigenvalue weighted by molar-refractivity contribution is 5.94. The minimum Gasteiger partial charge on any atom is -0.338 e. The molecule has 1 aliphatic rings. The Kier molecular flexibility index (Phi) is 4.92. The number of hydrogen-bond acceptors (Lipinski definition) is 4. The number of amides is 1. The molecular formula is C22H22N4O. The SMILES string of the molecule is Cc1cccc(-c2cncc([C@@H]3CCCN(C(=O)c4ccncc4)C3)n2)c1. The molecule has 3 heterocycles. The average molecular weight is 358 g/mol. The van der Waals surface area contributed by atoms with Crippen LogP contribution in [-0.2, 0) is 0 Å². The molecule has 1 amide bonds. The van der Waals surface area contributed by atoms with Crippen molar-refractivity contribution in [3.8, 4) is 11.3 Å².